The van der Waals surface area contributed by atoms with Gasteiger partial charge in [0.05, 0.1) is 5.02 Å². The summed E-state index contributed by atoms with van der Waals surface area (Å²) in [5, 5.41) is 0.209. The van der Waals surface area contributed by atoms with E-state index in [4.69, 9.17) is 16.3 Å². The number of benzene rings is 2. The van der Waals surface area contributed by atoms with Crippen molar-refractivity contribution >= 4 is 24.0 Å². The van der Waals surface area contributed by atoms with Crippen molar-refractivity contribution in [2.75, 3.05) is 0 Å². The Balaban J connectivity index is 2.04. The Hall–Kier alpha value is -1.69. The van der Waals surface area contributed by atoms with Crippen LogP contribution < -0.4 is 10.2 Å². The molecule has 0 amide bonds. The predicted molar refractivity (Wildman–Crippen MR) is 70.9 cm³/mol. The minimum absolute atomic E-state index is 0.0512. The molecule has 1 nitrogen and oxygen atoms in total. The van der Waals surface area contributed by atoms with E-state index in [2.05, 4.69) is 0 Å². The van der Waals surface area contributed by atoms with Crippen LogP contribution in [-0.2, 0) is 6.61 Å². The van der Waals surface area contributed by atoms with Gasteiger partial charge in [-0.1, -0.05) is 29.8 Å². The Kier molecular flexibility index (Phi) is 4.23. The van der Waals surface area contributed by atoms with Gasteiger partial charge in [-0.05, 0) is 24.3 Å². The molecule has 0 radical (unpaired) electrons. The molecule has 0 aromatic heterocycles. The van der Waals surface area contributed by atoms with Crippen LogP contribution in [-0.4, -0.2) is 6.98 Å². The van der Waals surface area contributed by atoms with Gasteiger partial charge in [-0.25, -0.2) is 4.39 Å². The summed E-state index contributed by atoms with van der Waals surface area (Å²) in [6.45, 7) is -4.96. The van der Waals surface area contributed by atoms with Crippen molar-refractivity contribution in [2.45, 2.75) is 6.61 Å². The summed E-state index contributed by atoms with van der Waals surface area (Å²) >= 11 is 5.81. The molecule has 0 atom stereocenters. The number of ether oxygens (including phenoxy) is 1. The highest BCUT2D eigenvalue weighted by molar-refractivity contribution is 6.73. The second-order valence-electron chi connectivity index (χ2n) is 4.17. The fourth-order valence-electron chi connectivity index (χ4n) is 1.58. The van der Waals surface area contributed by atoms with Gasteiger partial charge in [-0.3, -0.25) is 0 Å². The Bertz CT molecular complexity index is 598. The second kappa shape index (κ2) is 5.75. The van der Waals surface area contributed by atoms with Crippen molar-refractivity contribution in [3.63, 3.8) is 0 Å². The van der Waals surface area contributed by atoms with Gasteiger partial charge in [0.15, 0.2) is 0 Å². The lowest BCUT2D eigenvalue weighted by Crippen LogP contribution is -2.33. The van der Waals surface area contributed by atoms with E-state index in [1.54, 1.807) is 0 Å². The molecule has 0 saturated carbocycles. The van der Waals surface area contributed by atoms with E-state index in [1.807, 2.05) is 0 Å². The van der Waals surface area contributed by atoms with Crippen LogP contribution in [0.1, 0.15) is 5.56 Å². The molecule has 0 saturated heterocycles. The van der Waals surface area contributed by atoms with Crippen molar-refractivity contribution in [1.29, 1.82) is 0 Å². The molecule has 0 N–H and O–H groups in total. The molecular formula is C13H9BClF4O-. The maximum absolute atomic E-state index is 12.8. The Morgan fingerprint density at radius 2 is 1.65 bits per heavy atom. The molecule has 0 aliphatic rings. The highest BCUT2D eigenvalue weighted by Gasteiger charge is 2.24. The van der Waals surface area contributed by atoms with Gasteiger partial charge >= 0.3 is 6.98 Å². The number of hydrogen-bond acceptors (Lipinski definition) is 1. The zero-order chi connectivity index (χ0) is 14.8. The lowest BCUT2D eigenvalue weighted by Gasteiger charge is -2.15. The first-order valence-corrected chi connectivity index (χ1v) is 6.11. The van der Waals surface area contributed by atoms with Gasteiger partial charge in [0, 0.05) is 5.56 Å². The van der Waals surface area contributed by atoms with Crippen molar-refractivity contribution in [3.05, 3.63) is 58.9 Å². The van der Waals surface area contributed by atoms with Gasteiger partial charge < -0.3 is 17.7 Å². The second-order valence-corrected chi connectivity index (χ2v) is 4.58. The number of hydrogen-bond donors (Lipinski definition) is 0. The Morgan fingerprint density at radius 3 is 2.20 bits per heavy atom. The summed E-state index contributed by atoms with van der Waals surface area (Å²) < 4.78 is 55.4. The van der Waals surface area contributed by atoms with Crippen LogP contribution in [0.5, 0.6) is 5.75 Å². The molecule has 20 heavy (non-hydrogen) atoms. The summed E-state index contributed by atoms with van der Waals surface area (Å²) in [5.41, 5.74) is -0.130. The third-order valence-electron chi connectivity index (χ3n) is 2.67. The summed E-state index contributed by atoms with van der Waals surface area (Å²) in [6, 6.07) is 8.24. The fourth-order valence-corrected chi connectivity index (χ4v) is 1.80. The summed E-state index contributed by atoms with van der Waals surface area (Å²) in [6.07, 6.45) is 0. The molecule has 0 fully saturated rings. The van der Waals surface area contributed by atoms with E-state index in [9.17, 15) is 17.3 Å². The van der Waals surface area contributed by atoms with Gasteiger partial charge in [0.25, 0.3) is 0 Å². The SMILES string of the molecule is Fc1ccc(COc2ccc([B-](F)(F)F)cc2)c(Cl)c1. The third kappa shape index (κ3) is 3.66. The highest BCUT2D eigenvalue weighted by atomic mass is 35.5. The molecule has 106 valence electrons. The van der Waals surface area contributed by atoms with Crippen LogP contribution in [0.3, 0.4) is 0 Å². The van der Waals surface area contributed by atoms with Gasteiger partial charge in [-0.2, -0.15) is 0 Å². The molecule has 0 spiro atoms. The minimum atomic E-state index is -5.01. The van der Waals surface area contributed by atoms with E-state index < -0.39 is 18.3 Å². The predicted octanol–water partition coefficient (Wildman–Crippen LogP) is 4.11. The standard InChI is InChI=1S/C13H9BClF4O/c15-13-7-11(16)4-1-9(13)8-20-12-5-2-10(3-6-12)14(17,18)19/h1-7H,8H2/q-1. The first-order valence-electron chi connectivity index (χ1n) is 5.73. The zero-order valence-corrected chi connectivity index (χ0v) is 10.9. The highest BCUT2D eigenvalue weighted by Crippen LogP contribution is 2.20. The van der Waals surface area contributed by atoms with Crippen molar-refractivity contribution in [1.82, 2.24) is 0 Å². The average Bonchev–Trinajstić information content (AvgIpc) is 2.37. The quantitative estimate of drug-likeness (QED) is 0.610. The van der Waals surface area contributed by atoms with Crippen LogP contribution in [0.25, 0.3) is 0 Å². The summed E-state index contributed by atoms with van der Waals surface area (Å²) in [7, 11) is 0. The molecule has 0 heterocycles. The molecule has 0 aliphatic carbocycles. The van der Waals surface area contributed by atoms with E-state index in [0.29, 0.717) is 5.56 Å². The van der Waals surface area contributed by atoms with Gasteiger partial charge in [0.1, 0.15) is 18.2 Å². The Morgan fingerprint density at radius 1 is 1.00 bits per heavy atom. The first-order chi connectivity index (χ1) is 9.36. The van der Waals surface area contributed by atoms with Crippen LogP contribution in [0.2, 0.25) is 5.02 Å². The van der Waals surface area contributed by atoms with Crippen LogP contribution in [0, 0.1) is 5.82 Å². The van der Waals surface area contributed by atoms with E-state index >= 15 is 0 Å². The van der Waals surface area contributed by atoms with E-state index in [0.717, 1.165) is 18.2 Å². The molecule has 0 aliphatic heterocycles. The fraction of sp³-hybridized carbons (Fsp3) is 0.0769. The maximum atomic E-state index is 12.8. The van der Waals surface area contributed by atoms with Crippen LogP contribution in [0.4, 0.5) is 17.3 Å². The van der Waals surface area contributed by atoms with Crippen molar-refractivity contribution < 1.29 is 22.1 Å². The molecule has 7 heteroatoms. The summed E-state index contributed by atoms with van der Waals surface area (Å²) in [4.78, 5) is 0. The zero-order valence-electron chi connectivity index (χ0n) is 10.1. The first kappa shape index (κ1) is 14.7. The van der Waals surface area contributed by atoms with Crippen molar-refractivity contribution in [2.24, 2.45) is 0 Å². The molecule has 0 bridgehead atoms. The summed E-state index contributed by atoms with van der Waals surface area (Å²) in [5.74, 6) is -0.176. The van der Waals surface area contributed by atoms with E-state index in [-0.39, 0.29) is 17.4 Å². The topological polar surface area (TPSA) is 9.23 Å². The van der Waals surface area contributed by atoms with Crippen molar-refractivity contribution in [3.8, 4) is 5.75 Å². The average molecular weight is 303 g/mol. The van der Waals surface area contributed by atoms with E-state index in [1.165, 1.54) is 24.3 Å². The smallest absolute Gasteiger partial charge is 0.489 e. The molecule has 0 unspecified atom stereocenters. The largest absolute Gasteiger partial charge is 0.509 e. The molecule has 2 aromatic rings. The lowest BCUT2D eigenvalue weighted by atomic mass is 9.80. The molecule has 2 aromatic carbocycles. The van der Waals surface area contributed by atoms with Crippen LogP contribution >= 0.6 is 11.6 Å². The lowest BCUT2D eigenvalue weighted by molar-refractivity contribution is 0.306. The van der Waals surface area contributed by atoms with Crippen LogP contribution in [0.15, 0.2) is 42.5 Å². The van der Waals surface area contributed by atoms with Gasteiger partial charge in [-0.15, -0.1) is 5.46 Å². The van der Waals surface area contributed by atoms with Gasteiger partial charge in [0.2, 0.25) is 0 Å². The number of rotatable bonds is 4. The number of halogens is 5. The maximum Gasteiger partial charge on any atom is 0.509 e. The molecule has 2 rings (SSSR count). The third-order valence-corrected chi connectivity index (χ3v) is 3.02. The monoisotopic (exact) mass is 303 g/mol. The Labute approximate surface area is 118 Å². The minimum Gasteiger partial charge on any atom is -0.489 e. The normalized spacial score (nSPS) is 11.4. The molecular weight excluding hydrogens is 294 g/mol.